The van der Waals surface area contributed by atoms with Crippen LogP contribution in [-0.2, 0) is 11.4 Å². The number of ether oxygens (including phenoxy) is 1. The molecule has 0 radical (unpaired) electrons. The molecule has 3 aromatic rings. The highest BCUT2D eigenvalue weighted by molar-refractivity contribution is 14.1. The standard InChI is InChI=1S/C23H15BrI2N2O2/c24-18-2-1-3-20(12-18)28-23(29)17(13-27)10-16-6-9-22(21(26)11-16)30-14-15-4-7-19(25)8-5-15/h1-12H,14H2,(H,28,29)/b17-10-. The van der Waals surface area contributed by atoms with E-state index in [0.717, 1.165) is 24.9 Å². The van der Waals surface area contributed by atoms with Gasteiger partial charge in [-0.1, -0.05) is 40.2 Å². The zero-order chi connectivity index (χ0) is 21.5. The van der Waals surface area contributed by atoms with E-state index in [9.17, 15) is 10.1 Å². The van der Waals surface area contributed by atoms with Crippen molar-refractivity contribution in [2.75, 3.05) is 5.32 Å². The summed E-state index contributed by atoms with van der Waals surface area (Å²) in [6.07, 6.45) is 1.57. The molecule has 0 unspecified atom stereocenters. The van der Waals surface area contributed by atoms with E-state index in [4.69, 9.17) is 4.74 Å². The quantitative estimate of drug-likeness (QED) is 0.177. The fourth-order valence-electron chi connectivity index (χ4n) is 2.55. The van der Waals surface area contributed by atoms with Crippen molar-refractivity contribution in [2.45, 2.75) is 6.61 Å². The van der Waals surface area contributed by atoms with Crippen LogP contribution in [-0.4, -0.2) is 5.91 Å². The first-order chi connectivity index (χ1) is 14.4. The van der Waals surface area contributed by atoms with Crippen LogP contribution < -0.4 is 10.1 Å². The number of nitriles is 1. The third-order valence-corrected chi connectivity index (χ3v) is 6.08. The first-order valence-corrected chi connectivity index (χ1v) is 11.7. The predicted octanol–water partition coefficient (Wildman–Crippen LogP) is 6.78. The van der Waals surface area contributed by atoms with E-state index in [-0.39, 0.29) is 5.57 Å². The molecule has 0 saturated carbocycles. The number of benzene rings is 3. The number of hydrogen-bond donors (Lipinski definition) is 1. The number of hydrogen-bond acceptors (Lipinski definition) is 3. The number of carbonyl (C=O) groups excluding carboxylic acids is 1. The highest BCUT2D eigenvalue weighted by atomic mass is 127. The van der Waals surface area contributed by atoms with E-state index < -0.39 is 5.91 Å². The molecule has 0 bridgehead atoms. The highest BCUT2D eigenvalue weighted by Gasteiger charge is 2.11. The minimum Gasteiger partial charge on any atom is -0.488 e. The molecule has 3 rings (SSSR count). The topological polar surface area (TPSA) is 62.1 Å². The van der Waals surface area contributed by atoms with Crippen molar-refractivity contribution >= 4 is 78.8 Å². The van der Waals surface area contributed by atoms with Crippen LogP contribution in [0.3, 0.4) is 0 Å². The second-order valence-corrected chi connectivity index (χ2v) is 9.56. The van der Waals surface area contributed by atoms with Gasteiger partial charge in [0.1, 0.15) is 24.0 Å². The molecule has 0 aromatic heterocycles. The van der Waals surface area contributed by atoms with Crippen molar-refractivity contribution in [2.24, 2.45) is 0 Å². The molecule has 7 heteroatoms. The first-order valence-electron chi connectivity index (χ1n) is 8.80. The molecule has 0 aliphatic carbocycles. The van der Waals surface area contributed by atoms with Gasteiger partial charge in [0.25, 0.3) is 5.91 Å². The van der Waals surface area contributed by atoms with Crippen molar-refractivity contribution in [3.63, 3.8) is 0 Å². The summed E-state index contributed by atoms with van der Waals surface area (Å²) in [6.45, 7) is 0.473. The van der Waals surface area contributed by atoms with Crippen molar-refractivity contribution < 1.29 is 9.53 Å². The van der Waals surface area contributed by atoms with Crippen LogP contribution in [0.4, 0.5) is 5.69 Å². The van der Waals surface area contributed by atoms with Crippen LogP contribution in [0.2, 0.25) is 0 Å². The van der Waals surface area contributed by atoms with Gasteiger partial charge in [-0.3, -0.25) is 4.79 Å². The maximum absolute atomic E-state index is 12.5. The number of amides is 1. The van der Waals surface area contributed by atoms with E-state index in [1.165, 1.54) is 3.57 Å². The summed E-state index contributed by atoms with van der Waals surface area (Å²) in [6, 6.07) is 22.9. The average molecular weight is 685 g/mol. The number of carbonyl (C=O) groups is 1. The normalized spacial score (nSPS) is 10.9. The molecule has 1 amide bonds. The summed E-state index contributed by atoms with van der Waals surface area (Å²) < 4.78 is 8.83. The van der Waals surface area contributed by atoms with Gasteiger partial charge < -0.3 is 10.1 Å². The molecule has 0 heterocycles. The summed E-state index contributed by atoms with van der Waals surface area (Å²) in [7, 11) is 0. The Kier molecular flexibility index (Phi) is 8.30. The molecular formula is C23H15BrI2N2O2. The van der Waals surface area contributed by atoms with Crippen LogP contribution in [0.5, 0.6) is 5.75 Å². The number of rotatable bonds is 6. The van der Waals surface area contributed by atoms with E-state index in [2.05, 4.69) is 66.4 Å². The van der Waals surface area contributed by atoms with Gasteiger partial charge in [0.05, 0.1) is 3.57 Å². The minimum absolute atomic E-state index is 0.0262. The fourth-order valence-corrected chi connectivity index (χ4v) is 4.00. The lowest BCUT2D eigenvalue weighted by molar-refractivity contribution is -0.112. The number of anilines is 1. The lowest BCUT2D eigenvalue weighted by atomic mass is 10.1. The summed E-state index contributed by atoms with van der Waals surface area (Å²) in [4.78, 5) is 12.5. The van der Waals surface area contributed by atoms with Gasteiger partial charge in [0, 0.05) is 13.7 Å². The van der Waals surface area contributed by atoms with Crippen molar-refractivity contribution in [1.29, 1.82) is 5.26 Å². The molecule has 150 valence electrons. The maximum Gasteiger partial charge on any atom is 0.266 e. The van der Waals surface area contributed by atoms with E-state index in [0.29, 0.717) is 12.3 Å². The van der Waals surface area contributed by atoms with E-state index in [1.54, 1.807) is 18.2 Å². The second kappa shape index (κ2) is 10.9. The van der Waals surface area contributed by atoms with Gasteiger partial charge >= 0.3 is 0 Å². The van der Waals surface area contributed by atoms with Crippen molar-refractivity contribution in [3.05, 3.63) is 95.0 Å². The monoisotopic (exact) mass is 684 g/mol. The van der Waals surface area contributed by atoms with Gasteiger partial charge in [-0.25, -0.2) is 0 Å². The molecule has 0 atom stereocenters. The number of halogens is 3. The Labute approximate surface area is 210 Å². The molecule has 4 nitrogen and oxygen atoms in total. The SMILES string of the molecule is N#C/C(=C/c1ccc(OCc2ccc(I)cc2)c(I)c1)C(=O)Nc1cccc(Br)c1. The van der Waals surface area contributed by atoms with Crippen LogP contribution in [0.1, 0.15) is 11.1 Å². The number of nitrogens with one attached hydrogen (secondary N) is 1. The Morgan fingerprint density at radius 2 is 1.87 bits per heavy atom. The van der Waals surface area contributed by atoms with Crippen LogP contribution in [0.15, 0.2) is 76.8 Å². The van der Waals surface area contributed by atoms with E-state index in [1.807, 2.05) is 60.7 Å². The zero-order valence-corrected chi connectivity index (χ0v) is 21.4. The molecule has 3 aromatic carbocycles. The van der Waals surface area contributed by atoms with Gasteiger partial charge in [0.15, 0.2) is 0 Å². The third kappa shape index (κ3) is 6.55. The molecule has 30 heavy (non-hydrogen) atoms. The Morgan fingerprint density at radius 1 is 1.10 bits per heavy atom. The molecule has 0 saturated heterocycles. The van der Waals surface area contributed by atoms with Gasteiger partial charge in [-0.15, -0.1) is 0 Å². The molecular weight excluding hydrogens is 670 g/mol. The smallest absolute Gasteiger partial charge is 0.266 e. The van der Waals surface area contributed by atoms with E-state index >= 15 is 0 Å². The third-order valence-electron chi connectivity index (χ3n) is 4.02. The van der Waals surface area contributed by atoms with Crippen molar-refractivity contribution in [3.8, 4) is 11.8 Å². The lowest BCUT2D eigenvalue weighted by Gasteiger charge is -2.09. The Morgan fingerprint density at radius 3 is 2.53 bits per heavy atom. The largest absolute Gasteiger partial charge is 0.488 e. The summed E-state index contributed by atoms with van der Waals surface area (Å²) >= 11 is 7.82. The van der Waals surface area contributed by atoms with Crippen LogP contribution in [0, 0.1) is 18.5 Å². The lowest BCUT2D eigenvalue weighted by Crippen LogP contribution is -2.13. The van der Waals surface area contributed by atoms with Gasteiger partial charge in [-0.05, 0) is 105 Å². The van der Waals surface area contributed by atoms with Crippen molar-refractivity contribution in [1.82, 2.24) is 0 Å². The molecule has 0 spiro atoms. The Bertz CT molecular complexity index is 1140. The highest BCUT2D eigenvalue weighted by Crippen LogP contribution is 2.25. The molecule has 0 aliphatic heterocycles. The summed E-state index contributed by atoms with van der Waals surface area (Å²) in [5, 5.41) is 12.2. The zero-order valence-electron chi connectivity index (χ0n) is 15.5. The first kappa shape index (κ1) is 22.8. The van der Waals surface area contributed by atoms with Gasteiger partial charge in [0.2, 0.25) is 0 Å². The summed E-state index contributed by atoms with van der Waals surface area (Å²) in [5.41, 5.74) is 2.48. The Balaban J connectivity index is 1.70. The molecule has 0 fully saturated rings. The van der Waals surface area contributed by atoms with Gasteiger partial charge in [-0.2, -0.15) is 5.26 Å². The average Bonchev–Trinajstić information content (AvgIpc) is 2.72. The fraction of sp³-hybridized carbons (Fsp3) is 0.0435. The predicted molar refractivity (Wildman–Crippen MR) is 139 cm³/mol. The number of nitrogens with zero attached hydrogens (tertiary/aromatic N) is 1. The molecule has 0 aliphatic rings. The summed E-state index contributed by atoms with van der Waals surface area (Å²) in [5.74, 6) is 0.299. The molecule has 1 N–H and O–H groups in total. The minimum atomic E-state index is -0.454. The second-order valence-electron chi connectivity index (χ2n) is 6.24. The Hall–Kier alpha value is -1.90. The maximum atomic E-state index is 12.5. The van der Waals surface area contributed by atoms with Crippen LogP contribution in [0.25, 0.3) is 6.08 Å². The van der Waals surface area contributed by atoms with Crippen LogP contribution >= 0.6 is 61.1 Å².